The fourth-order valence-electron chi connectivity index (χ4n) is 0.547. The summed E-state index contributed by atoms with van der Waals surface area (Å²) in [6.45, 7) is 5.80. The van der Waals surface area contributed by atoms with Crippen LogP contribution in [0.4, 0.5) is 0 Å². The van der Waals surface area contributed by atoms with Gasteiger partial charge in [-0.15, -0.1) is 5.92 Å². The van der Waals surface area contributed by atoms with Crippen LogP contribution in [-0.4, -0.2) is 25.0 Å². The summed E-state index contributed by atoms with van der Waals surface area (Å²) in [5.74, 6) is 5.44. The molecule has 0 saturated heterocycles. The maximum Gasteiger partial charge on any atom is 0.240 e. The van der Waals surface area contributed by atoms with E-state index in [2.05, 4.69) is 22.5 Å². The van der Waals surface area contributed by atoms with Crippen molar-refractivity contribution in [3.8, 4) is 11.8 Å². The van der Waals surface area contributed by atoms with Gasteiger partial charge < -0.3 is 10.6 Å². The van der Waals surface area contributed by atoms with Crippen molar-refractivity contribution >= 4 is 5.91 Å². The Morgan fingerprint density at radius 3 is 2.50 bits per heavy atom. The lowest BCUT2D eigenvalue weighted by Crippen LogP contribution is -2.51. The third-order valence-corrected chi connectivity index (χ3v) is 1.71. The summed E-state index contributed by atoms with van der Waals surface area (Å²) in [5, 5.41) is 5.61. The molecule has 0 aromatic rings. The molecule has 0 unspecified atom stereocenters. The molecule has 0 saturated carbocycles. The molecule has 0 heterocycles. The SMILES string of the molecule is CC#CCNC(=O)C(C)(C)NC. The van der Waals surface area contributed by atoms with E-state index in [4.69, 9.17) is 0 Å². The Labute approximate surface area is 73.9 Å². The summed E-state index contributed by atoms with van der Waals surface area (Å²) in [6, 6.07) is 0. The van der Waals surface area contributed by atoms with Crippen molar-refractivity contribution in [3.63, 3.8) is 0 Å². The average molecular weight is 168 g/mol. The molecule has 0 bridgehead atoms. The summed E-state index contributed by atoms with van der Waals surface area (Å²) in [4.78, 5) is 11.3. The van der Waals surface area contributed by atoms with Gasteiger partial charge in [-0.25, -0.2) is 0 Å². The minimum Gasteiger partial charge on any atom is -0.344 e. The van der Waals surface area contributed by atoms with Gasteiger partial charge in [0, 0.05) is 0 Å². The fourth-order valence-corrected chi connectivity index (χ4v) is 0.547. The van der Waals surface area contributed by atoms with Crippen LogP contribution in [0.1, 0.15) is 20.8 Å². The van der Waals surface area contributed by atoms with Gasteiger partial charge in [0.2, 0.25) is 5.91 Å². The normalized spacial score (nSPS) is 10.0. The van der Waals surface area contributed by atoms with Crippen molar-refractivity contribution in [3.05, 3.63) is 0 Å². The maximum atomic E-state index is 11.3. The third-order valence-electron chi connectivity index (χ3n) is 1.71. The zero-order chi connectivity index (χ0) is 9.61. The Morgan fingerprint density at radius 1 is 1.50 bits per heavy atom. The lowest BCUT2D eigenvalue weighted by atomic mass is 10.1. The first-order chi connectivity index (χ1) is 5.54. The molecule has 68 valence electrons. The molecule has 0 spiro atoms. The van der Waals surface area contributed by atoms with Crippen molar-refractivity contribution in [2.75, 3.05) is 13.6 Å². The first-order valence-electron chi connectivity index (χ1n) is 3.91. The van der Waals surface area contributed by atoms with E-state index >= 15 is 0 Å². The van der Waals surface area contributed by atoms with Gasteiger partial charge in [0.05, 0.1) is 12.1 Å². The summed E-state index contributed by atoms with van der Waals surface area (Å²) in [5.41, 5.74) is -0.518. The van der Waals surface area contributed by atoms with Crippen LogP contribution in [0.5, 0.6) is 0 Å². The van der Waals surface area contributed by atoms with Crippen LogP contribution in [0.15, 0.2) is 0 Å². The van der Waals surface area contributed by atoms with Gasteiger partial charge in [-0.05, 0) is 27.8 Å². The molecular formula is C9H16N2O. The molecule has 0 atom stereocenters. The number of hydrogen-bond acceptors (Lipinski definition) is 2. The summed E-state index contributed by atoms with van der Waals surface area (Å²) >= 11 is 0. The van der Waals surface area contributed by atoms with Crippen LogP contribution in [0.2, 0.25) is 0 Å². The standard InChI is InChI=1S/C9H16N2O/c1-5-6-7-11-8(12)9(2,3)10-4/h10H,7H2,1-4H3,(H,11,12). The van der Waals surface area contributed by atoms with Crippen LogP contribution in [-0.2, 0) is 4.79 Å². The van der Waals surface area contributed by atoms with Gasteiger partial charge in [-0.1, -0.05) is 5.92 Å². The van der Waals surface area contributed by atoms with E-state index in [1.54, 1.807) is 14.0 Å². The molecule has 2 N–H and O–H groups in total. The van der Waals surface area contributed by atoms with E-state index in [1.165, 1.54) is 0 Å². The van der Waals surface area contributed by atoms with Crippen molar-refractivity contribution < 1.29 is 4.79 Å². The van der Waals surface area contributed by atoms with Crippen LogP contribution < -0.4 is 10.6 Å². The molecule has 0 fully saturated rings. The highest BCUT2D eigenvalue weighted by molar-refractivity contribution is 5.85. The van der Waals surface area contributed by atoms with Crippen molar-refractivity contribution in [1.82, 2.24) is 10.6 Å². The van der Waals surface area contributed by atoms with Gasteiger partial charge >= 0.3 is 0 Å². The van der Waals surface area contributed by atoms with E-state index < -0.39 is 5.54 Å². The van der Waals surface area contributed by atoms with Gasteiger partial charge in [0.25, 0.3) is 0 Å². The number of rotatable bonds is 3. The van der Waals surface area contributed by atoms with Gasteiger partial charge in [0.1, 0.15) is 0 Å². The lowest BCUT2D eigenvalue weighted by molar-refractivity contribution is -0.125. The number of likely N-dealkylation sites (N-methyl/N-ethyl adjacent to an activating group) is 1. The molecule has 3 nitrogen and oxygen atoms in total. The molecule has 0 aliphatic rings. The summed E-state index contributed by atoms with van der Waals surface area (Å²) in [7, 11) is 1.76. The Hall–Kier alpha value is -1.01. The highest BCUT2D eigenvalue weighted by atomic mass is 16.2. The molecule has 0 aliphatic carbocycles. The topological polar surface area (TPSA) is 41.1 Å². The second-order valence-corrected chi connectivity index (χ2v) is 2.98. The molecule has 1 amide bonds. The maximum absolute atomic E-state index is 11.3. The molecule has 0 aliphatic heterocycles. The predicted octanol–water partition coefficient (Wildman–Crippen LogP) is 0.124. The predicted molar refractivity (Wildman–Crippen MR) is 49.6 cm³/mol. The zero-order valence-corrected chi connectivity index (χ0v) is 8.12. The second-order valence-electron chi connectivity index (χ2n) is 2.98. The van der Waals surface area contributed by atoms with Crippen molar-refractivity contribution in [1.29, 1.82) is 0 Å². The minimum absolute atomic E-state index is 0.0345. The Bertz CT molecular complexity index is 210. The van der Waals surface area contributed by atoms with Gasteiger partial charge in [-0.3, -0.25) is 4.79 Å². The highest BCUT2D eigenvalue weighted by Gasteiger charge is 2.23. The van der Waals surface area contributed by atoms with Crippen molar-refractivity contribution in [2.24, 2.45) is 0 Å². The zero-order valence-electron chi connectivity index (χ0n) is 8.12. The second kappa shape index (κ2) is 4.78. The monoisotopic (exact) mass is 168 g/mol. The largest absolute Gasteiger partial charge is 0.344 e. The first-order valence-corrected chi connectivity index (χ1v) is 3.91. The van der Waals surface area contributed by atoms with Crippen LogP contribution in [0.25, 0.3) is 0 Å². The number of carbonyl (C=O) groups excluding carboxylic acids is 1. The number of hydrogen-bond donors (Lipinski definition) is 2. The van der Waals surface area contributed by atoms with E-state index in [0.29, 0.717) is 6.54 Å². The molecule has 0 radical (unpaired) electrons. The van der Waals surface area contributed by atoms with E-state index in [-0.39, 0.29) is 5.91 Å². The Kier molecular flexibility index (Phi) is 4.38. The first kappa shape index (κ1) is 11.0. The Balaban J connectivity index is 3.93. The van der Waals surface area contributed by atoms with Crippen LogP contribution in [0.3, 0.4) is 0 Å². The molecule has 12 heavy (non-hydrogen) atoms. The number of amides is 1. The molecule has 0 aromatic heterocycles. The summed E-state index contributed by atoms with van der Waals surface area (Å²) < 4.78 is 0. The number of nitrogens with one attached hydrogen (secondary N) is 2. The average Bonchev–Trinajstić information content (AvgIpc) is 2.05. The van der Waals surface area contributed by atoms with Gasteiger partial charge in [0.15, 0.2) is 0 Å². The van der Waals surface area contributed by atoms with Crippen LogP contribution >= 0.6 is 0 Å². The van der Waals surface area contributed by atoms with Crippen molar-refractivity contribution in [2.45, 2.75) is 26.3 Å². The molecule has 3 heteroatoms. The molecule has 0 rings (SSSR count). The minimum atomic E-state index is -0.518. The van der Waals surface area contributed by atoms with E-state index in [1.807, 2.05) is 13.8 Å². The molecular weight excluding hydrogens is 152 g/mol. The van der Waals surface area contributed by atoms with Crippen LogP contribution in [0, 0.1) is 11.8 Å². The van der Waals surface area contributed by atoms with Gasteiger partial charge in [-0.2, -0.15) is 0 Å². The number of carbonyl (C=O) groups is 1. The Morgan fingerprint density at radius 2 is 2.08 bits per heavy atom. The quantitative estimate of drug-likeness (QED) is 0.588. The highest BCUT2D eigenvalue weighted by Crippen LogP contribution is 1.98. The van der Waals surface area contributed by atoms with E-state index in [0.717, 1.165) is 0 Å². The summed E-state index contributed by atoms with van der Waals surface area (Å²) in [6.07, 6.45) is 0. The smallest absolute Gasteiger partial charge is 0.240 e. The molecule has 0 aromatic carbocycles. The third kappa shape index (κ3) is 3.40. The lowest BCUT2D eigenvalue weighted by Gasteiger charge is -2.21. The fraction of sp³-hybridized carbons (Fsp3) is 0.667. The van der Waals surface area contributed by atoms with E-state index in [9.17, 15) is 4.79 Å².